The molecule has 20 heavy (non-hydrogen) atoms. The second-order valence-electron chi connectivity index (χ2n) is 4.21. The number of rotatable bonds is 7. The lowest BCUT2D eigenvalue weighted by Crippen LogP contribution is -2.21. The Hall–Kier alpha value is -1.79. The molecule has 1 heterocycles. The SMILES string of the molecule is COCCNCCc1ncc(-c2cccc(F)c2F)o1. The van der Waals surface area contributed by atoms with Gasteiger partial charge < -0.3 is 14.5 Å². The number of hydrogen-bond donors (Lipinski definition) is 1. The molecule has 4 nitrogen and oxygen atoms in total. The molecule has 0 aliphatic carbocycles. The molecular formula is C14H16F2N2O2. The highest BCUT2D eigenvalue weighted by Gasteiger charge is 2.13. The van der Waals surface area contributed by atoms with Gasteiger partial charge in [0.15, 0.2) is 23.3 Å². The number of benzene rings is 1. The van der Waals surface area contributed by atoms with E-state index in [9.17, 15) is 8.78 Å². The first-order valence-corrected chi connectivity index (χ1v) is 6.31. The Kier molecular flexibility index (Phi) is 5.20. The van der Waals surface area contributed by atoms with Crippen molar-refractivity contribution in [3.63, 3.8) is 0 Å². The van der Waals surface area contributed by atoms with Crippen molar-refractivity contribution >= 4 is 0 Å². The van der Waals surface area contributed by atoms with Crippen LogP contribution < -0.4 is 5.32 Å². The minimum Gasteiger partial charge on any atom is -0.441 e. The van der Waals surface area contributed by atoms with Crippen molar-refractivity contribution < 1.29 is 17.9 Å². The fourth-order valence-corrected chi connectivity index (χ4v) is 1.74. The van der Waals surface area contributed by atoms with E-state index in [0.29, 0.717) is 25.5 Å². The third-order valence-corrected chi connectivity index (χ3v) is 2.77. The zero-order valence-electron chi connectivity index (χ0n) is 11.2. The Labute approximate surface area is 115 Å². The van der Waals surface area contributed by atoms with Crippen LogP contribution in [0.5, 0.6) is 0 Å². The number of hydrogen-bond acceptors (Lipinski definition) is 4. The van der Waals surface area contributed by atoms with Gasteiger partial charge in [0.05, 0.1) is 18.4 Å². The van der Waals surface area contributed by atoms with Crippen molar-refractivity contribution in [2.24, 2.45) is 0 Å². The molecule has 6 heteroatoms. The molecule has 2 aromatic rings. The Morgan fingerprint density at radius 3 is 2.95 bits per heavy atom. The summed E-state index contributed by atoms with van der Waals surface area (Å²) in [5.74, 6) is -1.11. The minimum atomic E-state index is -0.923. The van der Waals surface area contributed by atoms with E-state index in [2.05, 4.69) is 10.3 Å². The first-order chi connectivity index (χ1) is 9.72. The summed E-state index contributed by atoms with van der Waals surface area (Å²) in [6.07, 6.45) is 1.98. The van der Waals surface area contributed by atoms with Crippen LogP contribution in [-0.4, -0.2) is 31.8 Å². The Morgan fingerprint density at radius 2 is 2.15 bits per heavy atom. The second kappa shape index (κ2) is 7.12. The molecule has 0 aliphatic rings. The maximum absolute atomic E-state index is 13.6. The second-order valence-corrected chi connectivity index (χ2v) is 4.21. The highest BCUT2D eigenvalue weighted by atomic mass is 19.2. The zero-order chi connectivity index (χ0) is 14.4. The number of nitrogens with zero attached hydrogens (tertiary/aromatic N) is 1. The average Bonchev–Trinajstić information content (AvgIpc) is 2.90. The van der Waals surface area contributed by atoms with Crippen LogP contribution in [0.15, 0.2) is 28.8 Å². The maximum atomic E-state index is 13.6. The summed E-state index contributed by atoms with van der Waals surface area (Å²) >= 11 is 0. The molecule has 2 rings (SSSR count). The van der Waals surface area contributed by atoms with Crippen LogP contribution in [0, 0.1) is 11.6 Å². The standard InChI is InChI=1S/C14H16F2N2O2/c1-19-8-7-17-6-5-13-18-9-12(20-13)10-3-2-4-11(15)14(10)16/h2-4,9,17H,5-8H2,1H3. The van der Waals surface area contributed by atoms with Crippen LogP contribution in [0.2, 0.25) is 0 Å². The van der Waals surface area contributed by atoms with E-state index in [1.807, 2.05) is 0 Å². The molecule has 1 aromatic carbocycles. The predicted octanol–water partition coefficient (Wildman–Crippen LogP) is 2.40. The summed E-state index contributed by atoms with van der Waals surface area (Å²) in [4.78, 5) is 4.05. The van der Waals surface area contributed by atoms with Gasteiger partial charge in [-0.15, -0.1) is 0 Å². The van der Waals surface area contributed by atoms with Gasteiger partial charge in [-0.2, -0.15) is 0 Å². The highest BCUT2D eigenvalue weighted by molar-refractivity contribution is 5.57. The topological polar surface area (TPSA) is 47.3 Å². The molecule has 1 N–H and O–H groups in total. The summed E-state index contributed by atoms with van der Waals surface area (Å²) in [5.41, 5.74) is 0.0797. The number of ether oxygens (including phenoxy) is 1. The first-order valence-electron chi connectivity index (χ1n) is 6.31. The molecule has 0 atom stereocenters. The Morgan fingerprint density at radius 1 is 1.30 bits per heavy atom. The summed E-state index contributed by atoms with van der Waals surface area (Å²) in [6.45, 7) is 2.04. The van der Waals surface area contributed by atoms with Gasteiger partial charge >= 0.3 is 0 Å². The summed E-state index contributed by atoms with van der Waals surface area (Å²) in [7, 11) is 1.63. The quantitative estimate of drug-likeness (QED) is 0.792. The van der Waals surface area contributed by atoms with Crippen molar-refractivity contribution in [3.8, 4) is 11.3 Å². The van der Waals surface area contributed by atoms with Crippen molar-refractivity contribution in [1.82, 2.24) is 10.3 Å². The zero-order valence-corrected chi connectivity index (χ0v) is 11.2. The molecule has 0 bridgehead atoms. The van der Waals surface area contributed by atoms with Crippen LogP contribution in [0.25, 0.3) is 11.3 Å². The average molecular weight is 282 g/mol. The number of aromatic nitrogens is 1. The number of halogens is 2. The van der Waals surface area contributed by atoms with E-state index in [1.54, 1.807) is 7.11 Å². The lowest BCUT2D eigenvalue weighted by atomic mass is 10.2. The highest BCUT2D eigenvalue weighted by Crippen LogP contribution is 2.25. The summed E-state index contributed by atoms with van der Waals surface area (Å²) in [6, 6.07) is 3.96. The van der Waals surface area contributed by atoms with E-state index < -0.39 is 11.6 Å². The molecule has 0 saturated heterocycles. The van der Waals surface area contributed by atoms with Gasteiger partial charge in [-0.3, -0.25) is 0 Å². The van der Waals surface area contributed by atoms with Crippen molar-refractivity contribution in [2.45, 2.75) is 6.42 Å². The van der Waals surface area contributed by atoms with Crippen LogP contribution in [0.4, 0.5) is 8.78 Å². The molecule has 0 fully saturated rings. The van der Waals surface area contributed by atoms with Crippen molar-refractivity contribution in [2.75, 3.05) is 26.8 Å². The van der Waals surface area contributed by atoms with E-state index >= 15 is 0 Å². The van der Waals surface area contributed by atoms with Crippen molar-refractivity contribution in [3.05, 3.63) is 41.9 Å². The maximum Gasteiger partial charge on any atom is 0.196 e. The van der Waals surface area contributed by atoms with Crippen LogP contribution in [-0.2, 0) is 11.2 Å². The van der Waals surface area contributed by atoms with E-state index in [4.69, 9.17) is 9.15 Å². The first kappa shape index (κ1) is 14.6. The molecule has 0 spiro atoms. The molecule has 0 aliphatic heterocycles. The normalized spacial score (nSPS) is 10.9. The lowest BCUT2D eigenvalue weighted by molar-refractivity contribution is 0.199. The van der Waals surface area contributed by atoms with E-state index in [-0.39, 0.29) is 11.3 Å². The van der Waals surface area contributed by atoms with E-state index in [1.165, 1.54) is 18.3 Å². The van der Waals surface area contributed by atoms with Gasteiger partial charge in [-0.1, -0.05) is 6.07 Å². The third kappa shape index (κ3) is 3.61. The number of oxazole rings is 1. The van der Waals surface area contributed by atoms with Crippen LogP contribution in [0.1, 0.15) is 5.89 Å². The predicted molar refractivity (Wildman–Crippen MR) is 70.3 cm³/mol. The van der Waals surface area contributed by atoms with Gasteiger partial charge in [0.2, 0.25) is 0 Å². The fourth-order valence-electron chi connectivity index (χ4n) is 1.74. The van der Waals surface area contributed by atoms with Crippen molar-refractivity contribution in [1.29, 1.82) is 0 Å². The van der Waals surface area contributed by atoms with Gasteiger partial charge in [-0.05, 0) is 12.1 Å². The summed E-state index contributed by atoms with van der Waals surface area (Å²) in [5, 5.41) is 3.15. The fraction of sp³-hybridized carbons (Fsp3) is 0.357. The molecule has 0 unspecified atom stereocenters. The van der Waals surface area contributed by atoms with E-state index in [0.717, 1.165) is 12.6 Å². The van der Waals surface area contributed by atoms with Gasteiger partial charge in [0, 0.05) is 26.6 Å². The smallest absolute Gasteiger partial charge is 0.196 e. The van der Waals surface area contributed by atoms with Crippen LogP contribution in [0.3, 0.4) is 0 Å². The molecular weight excluding hydrogens is 266 g/mol. The molecule has 0 radical (unpaired) electrons. The monoisotopic (exact) mass is 282 g/mol. The molecule has 1 aromatic heterocycles. The number of methoxy groups -OCH3 is 1. The molecule has 0 amide bonds. The van der Waals surface area contributed by atoms with Gasteiger partial charge in [0.1, 0.15) is 0 Å². The largest absolute Gasteiger partial charge is 0.441 e. The summed E-state index contributed by atoms with van der Waals surface area (Å²) < 4.78 is 37.1. The lowest BCUT2D eigenvalue weighted by Gasteiger charge is -2.01. The van der Waals surface area contributed by atoms with Crippen LogP contribution >= 0.6 is 0 Å². The Bertz CT molecular complexity index is 558. The third-order valence-electron chi connectivity index (χ3n) is 2.77. The minimum absolute atomic E-state index is 0.0797. The molecule has 0 saturated carbocycles. The molecule has 108 valence electrons. The Balaban J connectivity index is 1.97. The number of nitrogens with one attached hydrogen (secondary N) is 1. The van der Waals surface area contributed by atoms with Gasteiger partial charge in [0.25, 0.3) is 0 Å². The van der Waals surface area contributed by atoms with Gasteiger partial charge in [-0.25, -0.2) is 13.8 Å².